The molecule has 4 amide bonds. The van der Waals surface area contributed by atoms with Crippen molar-refractivity contribution in [3.63, 3.8) is 0 Å². The number of piperidine rings is 1. The molecule has 0 aliphatic carbocycles. The van der Waals surface area contributed by atoms with Gasteiger partial charge < -0.3 is 15.0 Å². The van der Waals surface area contributed by atoms with Crippen LogP contribution in [0.25, 0.3) is 0 Å². The second-order valence-electron chi connectivity index (χ2n) is 6.64. The van der Waals surface area contributed by atoms with E-state index in [1.807, 2.05) is 31.2 Å². The normalized spacial score (nSPS) is 18.8. The first-order valence-electron chi connectivity index (χ1n) is 8.59. The third-order valence-corrected chi connectivity index (χ3v) is 4.78. The molecular weight excluding hydrogens is 322 g/mol. The van der Waals surface area contributed by atoms with Gasteiger partial charge in [0.25, 0.3) is 5.91 Å². The van der Waals surface area contributed by atoms with E-state index in [4.69, 9.17) is 4.74 Å². The predicted molar refractivity (Wildman–Crippen MR) is 91.1 cm³/mol. The third-order valence-electron chi connectivity index (χ3n) is 4.78. The number of benzene rings is 1. The van der Waals surface area contributed by atoms with E-state index in [1.165, 1.54) is 0 Å². The minimum atomic E-state index is -0.831. The molecule has 2 aliphatic heterocycles. The zero-order valence-electron chi connectivity index (χ0n) is 14.3. The second kappa shape index (κ2) is 7.13. The van der Waals surface area contributed by atoms with E-state index in [0.29, 0.717) is 45.4 Å². The Kier molecular flexibility index (Phi) is 4.92. The standard InChI is InChI=1S/C18H23N3O4/c1-13-4-2-5-14(12-13)25-11-3-6-15(22)21-9-7-18(8-10-21)16(23)19-17(24)20-18/h2,4-5,12H,3,6-11H2,1H3,(H2,19,20,23,24). The van der Waals surface area contributed by atoms with Crippen molar-refractivity contribution in [2.45, 2.75) is 38.1 Å². The van der Waals surface area contributed by atoms with Gasteiger partial charge in [-0.25, -0.2) is 4.79 Å². The van der Waals surface area contributed by atoms with E-state index in [0.717, 1.165) is 11.3 Å². The van der Waals surface area contributed by atoms with Crippen LogP contribution in [0.5, 0.6) is 5.75 Å². The van der Waals surface area contributed by atoms with Crippen LogP contribution in [0.15, 0.2) is 24.3 Å². The molecule has 1 aromatic carbocycles. The number of carbonyl (C=O) groups excluding carboxylic acids is 3. The Hall–Kier alpha value is -2.57. The zero-order chi connectivity index (χ0) is 17.9. The highest BCUT2D eigenvalue weighted by Gasteiger charge is 2.48. The van der Waals surface area contributed by atoms with Crippen molar-refractivity contribution in [1.82, 2.24) is 15.5 Å². The van der Waals surface area contributed by atoms with Crippen LogP contribution in [0.4, 0.5) is 4.79 Å². The number of rotatable bonds is 5. The van der Waals surface area contributed by atoms with Gasteiger partial charge in [0.05, 0.1) is 6.61 Å². The van der Waals surface area contributed by atoms with Gasteiger partial charge in [-0.2, -0.15) is 0 Å². The Morgan fingerprint density at radius 2 is 2.04 bits per heavy atom. The van der Waals surface area contributed by atoms with Crippen molar-refractivity contribution in [2.75, 3.05) is 19.7 Å². The minimum Gasteiger partial charge on any atom is -0.494 e. The fourth-order valence-corrected chi connectivity index (χ4v) is 3.29. The molecule has 0 aromatic heterocycles. The lowest BCUT2D eigenvalue weighted by Gasteiger charge is -2.37. The molecule has 2 saturated heterocycles. The number of carbonyl (C=O) groups is 3. The summed E-state index contributed by atoms with van der Waals surface area (Å²) in [5.74, 6) is 0.596. The van der Waals surface area contributed by atoms with E-state index >= 15 is 0 Å². The zero-order valence-corrected chi connectivity index (χ0v) is 14.3. The summed E-state index contributed by atoms with van der Waals surface area (Å²) in [6, 6.07) is 7.37. The summed E-state index contributed by atoms with van der Waals surface area (Å²) in [6.45, 7) is 3.45. The van der Waals surface area contributed by atoms with Gasteiger partial charge in [0.15, 0.2) is 0 Å². The van der Waals surface area contributed by atoms with Crippen LogP contribution in [-0.2, 0) is 9.59 Å². The van der Waals surface area contributed by atoms with E-state index in [2.05, 4.69) is 10.6 Å². The number of urea groups is 1. The average Bonchev–Trinajstić information content (AvgIpc) is 2.85. The van der Waals surface area contributed by atoms with Crippen LogP contribution in [0.3, 0.4) is 0 Å². The Bertz CT molecular complexity index is 681. The molecule has 2 aliphatic rings. The van der Waals surface area contributed by atoms with Crippen LogP contribution in [-0.4, -0.2) is 48.0 Å². The van der Waals surface area contributed by atoms with Gasteiger partial charge in [-0.3, -0.25) is 14.9 Å². The fourth-order valence-electron chi connectivity index (χ4n) is 3.29. The van der Waals surface area contributed by atoms with Crippen molar-refractivity contribution in [3.8, 4) is 5.75 Å². The molecule has 7 heteroatoms. The summed E-state index contributed by atoms with van der Waals surface area (Å²) < 4.78 is 5.66. The number of ether oxygens (including phenoxy) is 1. The largest absolute Gasteiger partial charge is 0.494 e. The molecule has 3 rings (SSSR count). The number of aryl methyl sites for hydroxylation is 1. The van der Waals surface area contributed by atoms with Crippen LogP contribution in [0.1, 0.15) is 31.2 Å². The highest BCUT2D eigenvalue weighted by Crippen LogP contribution is 2.26. The highest BCUT2D eigenvalue weighted by atomic mass is 16.5. The van der Waals surface area contributed by atoms with Crippen LogP contribution in [0, 0.1) is 6.92 Å². The molecular formula is C18H23N3O4. The monoisotopic (exact) mass is 345 g/mol. The molecule has 1 spiro atoms. The molecule has 0 radical (unpaired) electrons. The lowest BCUT2D eigenvalue weighted by Crippen LogP contribution is -2.55. The van der Waals surface area contributed by atoms with Crippen LogP contribution >= 0.6 is 0 Å². The maximum absolute atomic E-state index is 12.3. The summed E-state index contributed by atoms with van der Waals surface area (Å²) in [5.41, 5.74) is 0.307. The number of amides is 4. The Morgan fingerprint density at radius 3 is 2.68 bits per heavy atom. The molecule has 0 unspecified atom stereocenters. The first-order chi connectivity index (χ1) is 12.0. The van der Waals surface area contributed by atoms with Crippen molar-refractivity contribution in [1.29, 1.82) is 0 Å². The molecule has 25 heavy (non-hydrogen) atoms. The first kappa shape index (κ1) is 17.3. The smallest absolute Gasteiger partial charge is 0.322 e. The minimum absolute atomic E-state index is 0.0624. The van der Waals surface area contributed by atoms with Crippen molar-refractivity contribution >= 4 is 17.8 Å². The number of likely N-dealkylation sites (tertiary alicyclic amines) is 1. The van der Waals surface area contributed by atoms with Gasteiger partial charge >= 0.3 is 6.03 Å². The summed E-state index contributed by atoms with van der Waals surface area (Å²) in [4.78, 5) is 37.3. The van der Waals surface area contributed by atoms with Crippen molar-refractivity contribution < 1.29 is 19.1 Å². The van der Waals surface area contributed by atoms with Crippen molar-refractivity contribution in [3.05, 3.63) is 29.8 Å². The lowest BCUT2D eigenvalue weighted by atomic mass is 9.87. The van der Waals surface area contributed by atoms with E-state index in [-0.39, 0.29) is 11.8 Å². The summed E-state index contributed by atoms with van der Waals surface area (Å²) >= 11 is 0. The summed E-state index contributed by atoms with van der Waals surface area (Å²) in [6.07, 6.45) is 1.97. The lowest BCUT2D eigenvalue weighted by molar-refractivity contribution is -0.136. The third kappa shape index (κ3) is 3.92. The van der Waals surface area contributed by atoms with Gasteiger partial charge in [0.2, 0.25) is 5.91 Å². The quantitative estimate of drug-likeness (QED) is 0.623. The molecule has 2 fully saturated rings. The summed E-state index contributed by atoms with van der Waals surface area (Å²) in [7, 11) is 0. The molecule has 2 N–H and O–H groups in total. The molecule has 134 valence electrons. The highest BCUT2D eigenvalue weighted by molar-refractivity contribution is 6.07. The number of nitrogens with zero attached hydrogens (tertiary/aromatic N) is 1. The second-order valence-corrected chi connectivity index (χ2v) is 6.64. The van der Waals surface area contributed by atoms with E-state index < -0.39 is 11.6 Å². The Labute approximate surface area is 146 Å². The predicted octanol–water partition coefficient (Wildman–Crippen LogP) is 1.35. The molecule has 2 heterocycles. The summed E-state index contributed by atoms with van der Waals surface area (Å²) in [5, 5.41) is 4.97. The Balaban J connectivity index is 1.40. The van der Waals surface area contributed by atoms with Gasteiger partial charge in [0, 0.05) is 19.5 Å². The maximum atomic E-state index is 12.3. The Morgan fingerprint density at radius 1 is 1.28 bits per heavy atom. The van der Waals surface area contributed by atoms with Gasteiger partial charge in [-0.15, -0.1) is 0 Å². The number of imide groups is 1. The topological polar surface area (TPSA) is 87.7 Å². The number of nitrogens with one attached hydrogen (secondary N) is 2. The van der Waals surface area contributed by atoms with Gasteiger partial charge in [0.1, 0.15) is 11.3 Å². The maximum Gasteiger partial charge on any atom is 0.322 e. The molecule has 7 nitrogen and oxygen atoms in total. The average molecular weight is 345 g/mol. The van der Waals surface area contributed by atoms with Crippen LogP contribution in [0.2, 0.25) is 0 Å². The molecule has 0 saturated carbocycles. The molecule has 1 aromatic rings. The number of hydrogen-bond acceptors (Lipinski definition) is 4. The van der Waals surface area contributed by atoms with Gasteiger partial charge in [-0.05, 0) is 43.9 Å². The van der Waals surface area contributed by atoms with E-state index in [1.54, 1.807) is 4.90 Å². The van der Waals surface area contributed by atoms with Crippen LogP contribution < -0.4 is 15.4 Å². The first-order valence-corrected chi connectivity index (χ1v) is 8.59. The number of hydrogen-bond donors (Lipinski definition) is 2. The van der Waals surface area contributed by atoms with Gasteiger partial charge in [-0.1, -0.05) is 12.1 Å². The molecule has 0 atom stereocenters. The fraction of sp³-hybridized carbons (Fsp3) is 0.500. The molecule has 0 bridgehead atoms. The SMILES string of the molecule is Cc1cccc(OCCCC(=O)N2CCC3(CC2)NC(=O)NC3=O)c1. The van der Waals surface area contributed by atoms with Crippen molar-refractivity contribution in [2.24, 2.45) is 0 Å². The van der Waals surface area contributed by atoms with E-state index in [9.17, 15) is 14.4 Å².